The van der Waals surface area contributed by atoms with Crippen LogP contribution in [0.4, 0.5) is 13.2 Å². The number of hydrogen-bond donors (Lipinski definition) is 1. The van der Waals surface area contributed by atoms with Crippen LogP contribution in [0.15, 0.2) is 12.7 Å². The van der Waals surface area contributed by atoms with Crippen molar-refractivity contribution >= 4 is 7.60 Å². The number of hydrogen-bond acceptors (Lipinski definition) is 4. The summed E-state index contributed by atoms with van der Waals surface area (Å²) in [7, 11) is -3.92. The standard InChI is InChI=1S/C11H19F3NO3P/c1-5-8-10(11(12,13)14)9(4,15-10)19(16,17-6-2)18-7-3/h5,15H,1,6-8H2,2-4H3/t9-,10-/m0/s1. The molecule has 112 valence electrons. The van der Waals surface area contributed by atoms with Gasteiger partial charge in [-0.05, 0) is 27.2 Å². The second-order valence-corrected chi connectivity index (χ2v) is 6.83. The predicted octanol–water partition coefficient (Wildman–Crippen LogP) is 3.45. The monoisotopic (exact) mass is 301 g/mol. The maximum Gasteiger partial charge on any atom is 0.409 e. The molecule has 2 atom stereocenters. The van der Waals surface area contributed by atoms with Gasteiger partial charge in [-0.1, -0.05) is 6.08 Å². The van der Waals surface area contributed by atoms with Gasteiger partial charge in [-0.15, -0.1) is 6.58 Å². The molecule has 1 heterocycles. The summed E-state index contributed by atoms with van der Waals surface area (Å²) >= 11 is 0. The van der Waals surface area contributed by atoms with Crippen molar-refractivity contribution in [2.75, 3.05) is 13.2 Å². The van der Waals surface area contributed by atoms with E-state index in [1.54, 1.807) is 13.8 Å². The van der Waals surface area contributed by atoms with E-state index in [9.17, 15) is 17.7 Å². The third kappa shape index (κ3) is 2.37. The molecule has 1 rings (SSSR count). The van der Waals surface area contributed by atoms with Gasteiger partial charge in [-0.25, -0.2) is 0 Å². The Morgan fingerprint density at radius 2 is 1.79 bits per heavy atom. The lowest BCUT2D eigenvalue weighted by molar-refractivity contribution is -0.162. The molecule has 8 heteroatoms. The van der Waals surface area contributed by atoms with Crippen LogP contribution in [-0.4, -0.2) is 30.2 Å². The molecule has 1 saturated heterocycles. The van der Waals surface area contributed by atoms with Gasteiger partial charge in [-0.3, -0.25) is 9.88 Å². The van der Waals surface area contributed by atoms with Crippen molar-refractivity contribution in [1.29, 1.82) is 0 Å². The molecule has 1 N–H and O–H groups in total. The minimum atomic E-state index is -4.57. The van der Waals surface area contributed by atoms with Gasteiger partial charge in [0.25, 0.3) is 0 Å². The first-order chi connectivity index (χ1) is 8.64. The lowest BCUT2D eigenvalue weighted by Crippen LogP contribution is -2.40. The summed E-state index contributed by atoms with van der Waals surface area (Å²) in [6.07, 6.45) is -3.81. The highest BCUT2D eigenvalue weighted by molar-refractivity contribution is 7.56. The van der Waals surface area contributed by atoms with Crippen LogP contribution in [0.25, 0.3) is 0 Å². The number of nitrogens with one attached hydrogen (secondary N) is 1. The van der Waals surface area contributed by atoms with Crippen molar-refractivity contribution in [2.45, 2.75) is 44.2 Å². The van der Waals surface area contributed by atoms with E-state index in [1.165, 1.54) is 6.92 Å². The molecule has 1 fully saturated rings. The van der Waals surface area contributed by atoms with Crippen molar-refractivity contribution in [2.24, 2.45) is 0 Å². The maximum atomic E-state index is 13.2. The molecule has 0 amide bonds. The minimum absolute atomic E-state index is 0.0105. The van der Waals surface area contributed by atoms with E-state index in [1.807, 2.05) is 0 Å². The molecule has 1 aliphatic rings. The fourth-order valence-corrected chi connectivity index (χ4v) is 4.53. The topological polar surface area (TPSA) is 57.5 Å². The van der Waals surface area contributed by atoms with Gasteiger partial charge < -0.3 is 9.05 Å². The fourth-order valence-electron chi connectivity index (χ4n) is 2.25. The predicted molar refractivity (Wildman–Crippen MR) is 66.0 cm³/mol. The van der Waals surface area contributed by atoms with Crippen molar-refractivity contribution in [3.05, 3.63) is 12.7 Å². The Balaban J connectivity index is 3.18. The summed E-state index contributed by atoms with van der Waals surface area (Å²) in [5.41, 5.74) is -2.30. The Kier molecular flexibility index (Phi) is 4.57. The molecule has 0 radical (unpaired) electrons. The molecule has 0 spiro atoms. The van der Waals surface area contributed by atoms with E-state index in [0.29, 0.717) is 0 Å². The fraction of sp³-hybridized carbons (Fsp3) is 0.818. The summed E-state index contributed by atoms with van der Waals surface area (Å²) in [5.74, 6) is 0. The highest BCUT2D eigenvalue weighted by Crippen LogP contribution is 2.73. The molecule has 1 aliphatic heterocycles. The van der Waals surface area contributed by atoms with E-state index in [2.05, 4.69) is 11.9 Å². The maximum absolute atomic E-state index is 13.2. The average Bonchev–Trinajstić information content (AvgIpc) is 2.88. The van der Waals surface area contributed by atoms with Gasteiger partial charge in [0.15, 0.2) is 0 Å². The highest BCUT2D eigenvalue weighted by atomic mass is 31.2. The molecular weight excluding hydrogens is 282 g/mol. The summed E-state index contributed by atoms with van der Waals surface area (Å²) in [6, 6.07) is 0. The summed E-state index contributed by atoms with van der Waals surface area (Å²) in [4.78, 5) is 0. The highest BCUT2D eigenvalue weighted by Gasteiger charge is 2.84. The molecule has 4 nitrogen and oxygen atoms in total. The van der Waals surface area contributed by atoms with E-state index < -0.39 is 31.0 Å². The molecule has 0 bridgehead atoms. The normalized spacial score (nSPS) is 31.3. The lowest BCUT2D eigenvalue weighted by Gasteiger charge is -2.27. The van der Waals surface area contributed by atoms with Crippen molar-refractivity contribution < 1.29 is 26.8 Å². The Morgan fingerprint density at radius 1 is 1.32 bits per heavy atom. The number of rotatable bonds is 7. The second kappa shape index (κ2) is 5.20. The zero-order valence-electron chi connectivity index (χ0n) is 11.2. The molecular formula is C11H19F3NO3P. The average molecular weight is 301 g/mol. The molecule has 19 heavy (non-hydrogen) atoms. The molecule has 0 unspecified atom stereocenters. The molecule has 0 aliphatic carbocycles. The van der Waals surface area contributed by atoms with Gasteiger partial charge in [0.2, 0.25) is 0 Å². The first-order valence-corrected chi connectivity index (χ1v) is 7.54. The van der Waals surface area contributed by atoms with Crippen molar-refractivity contribution in [3.63, 3.8) is 0 Å². The van der Waals surface area contributed by atoms with Gasteiger partial charge in [0.05, 0.1) is 13.2 Å². The summed E-state index contributed by atoms with van der Waals surface area (Å²) in [5, 5.41) is 0.521. The molecule has 0 aromatic carbocycles. The van der Waals surface area contributed by atoms with Crippen LogP contribution in [0.3, 0.4) is 0 Å². The Hall–Kier alpha value is -0.360. The smallest absolute Gasteiger partial charge is 0.308 e. The Bertz CT molecular complexity index is 391. The summed E-state index contributed by atoms with van der Waals surface area (Å²) < 4.78 is 62.4. The zero-order chi connectivity index (χ0) is 14.9. The Morgan fingerprint density at radius 3 is 2.11 bits per heavy atom. The second-order valence-electron chi connectivity index (χ2n) is 4.43. The van der Waals surface area contributed by atoms with Gasteiger partial charge in [-0.2, -0.15) is 13.2 Å². The van der Waals surface area contributed by atoms with Gasteiger partial charge in [0.1, 0.15) is 10.8 Å². The van der Waals surface area contributed by atoms with Crippen LogP contribution in [0, 0.1) is 0 Å². The van der Waals surface area contributed by atoms with Gasteiger partial charge >= 0.3 is 13.8 Å². The van der Waals surface area contributed by atoms with Crippen LogP contribution in [0.5, 0.6) is 0 Å². The van der Waals surface area contributed by atoms with Crippen LogP contribution >= 0.6 is 7.60 Å². The van der Waals surface area contributed by atoms with Crippen LogP contribution in [-0.2, 0) is 13.6 Å². The quantitative estimate of drug-likeness (QED) is 0.444. The largest absolute Gasteiger partial charge is 0.409 e. The summed E-state index contributed by atoms with van der Waals surface area (Å²) in [6.45, 7) is 7.68. The van der Waals surface area contributed by atoms with Crippen molar-refractivity contribution in [1.82, 2.24) is 5.32 Å². The molecule has 0 aromatic rings. The number of alkyl halides is 3. The van der Waals surface area contributed by atoms with Crippen LogP contribution in [0.1, 0.15) is 27.2 Å². The third-order valence-corrected chi connectivity index (χ3v) is 6.09. The van der Waals surface area contributed by atoms with Crippen molar-refractivity contribution in [3.8, 4) is 0 Å². The van der Waals surface area contributed by atoms with Crippen LogP contribution < -0.4 is 5.32 Å². The minimum Gasteiger partial charge on any atom is -0.308 e. The Labute approximate surface area is 110 Å². The van der Waals surface area contributed by atoms with Crippen LogP contribution in [0.2, 0.25) is 0 Å². The number of halogens is 3. The molecule has 0 saturated carbocycles. The first-order valence-electron chi connectivity index (χ1n) is 6.00. The van der Waals surface area contributed by atoms with E-state index >= 15 is 0 Å². The van der Waals surface area contributed by atoms with Gasteiger partial charge in [0, 0.05) is 0 Å². The SMILES string of the molecule is C=CC[C@]1(C(F)(F)F)N[C@@]1(C)P(=O)(OCC)OCC. The van der Waals surface area contributed by atoms with E-state index in [4.69, 9.17) is 9.05 Å². The first kappa shape index (κ1) is 16.7. The zero-order valence-corrected chi connectivity index (χ0v) is 12.1. The van der Waals surface area contributed by atoms with E-state index in [0.717, 1.165) is 6.08 Å². The third-order valence-electron chi connectivity index (χ3n) is 3.31. The molecule has 0 aromatic heterocycles. The van der Waals surface area contributed by atoms with E-state index in [-0.39, 0.29) is 13.2 Å². The lowest BCUT2D eigenvalue weighted by atomic mass is 10.0.